The summed E-state index contributed by atoms with van der Waals surface area (Å²) >= 11 is 0. The molecule has 2 aromatic carbocycles. The van der Waals surface area contributed by atoms with Crippen LogP contribution in [0.4, 0.5) is 4.39 Å². The van der Waals surface area contributed by atoms with Gasteiger partial charge in [-0.25, -0.2) is 26.9 Å². The van der Waals surface area contributed by atoms with Crippen molar-refractivity contribution >= 4 is 16.0 Å². The van der Waals surface area contributed by atoms with Gasteiger partial charge in [0.1, 0.15) is 5.82 Å². The fourth-order valence-corrected chi connectivity index (χ4v) is 3.21. The highest BCUT2D eigenvalue weighted by atomic mass is 32.2. The molecule has 0 unspecified atom stereocenters. The zero-order valence-corrected chi connectivity index (χ0v) is 15.9. The smallest absolute Gasteiger partial charge is 0.338 e. The van der Waals surface area contributed by atoms with Crippen molar-refractivity contribution in [1.82, 2.24) is 9.29 Å². The van der Waals surface area contributed by atoms with E-state index in [0.29, 0.717) is 11.3 Å². The lowest BCUT2D eigenvalue weighted by atomic mass is 10.2. The Labute approximate surface area is 161 Å². The number of aromatic nitrogens is 1. The Bertz CT molecular complexity index is 1070. The lowest BCUT2D eigenvalue weighted by Crippen LogP contribution is -2.22. The third-order valence-corrected chi connectivity index (χ3v) is 5.71. The van der Waals surface area contributed by atoms with Gasteiger partial charge >= 0.3 is 5.97 Å². The molecule has 3 rings (SSSR count). The molecular weight excluding hydrogens is 387 g/mol. The lowest BCUT2D eigenvalue weighted by Gasteiger charge is -2.11. The van der Waals surface area contributed by atoms with Gasteiger partial charge in [0.05, 0.1) is 16.7 Å². The van der Waals surface area contributed by atoms with Crippen molar-refractivity contribution in [1.29, 1.82) is 0 Å². The molecule has 1 heterocycles. The fraction of sp³-hybridized carbons (Fsp3) is 0.158. The Morgan fingerprint density at radius 1 is 1.11 bits per heavy atom. The molecule has 1 aromatic heterocycles. The van der Waals surface area contributed by atoms with E-state index in [9.17, 15) is 17.6 Å². The van der Waals surface area contributed by atoms with Crippen LogP contribution < -0.4 is 0 Å². The van der Waals surface area contributed by atoms with Crippen molar-refractivity contribution in [2.75, 3.05) is 14.1 Å². The normalized spacial score (nSPS) is 11.6. The van der Waals surface area contributed by atoms with Gasteiger partial charge < -0.3 is 9.15 Å². The van der Waals surface area contributed by atoms with E-state index in [4.69, 9.17) is 9.15 Å². The highest BCUT2D eigenvalue weighted by Crippen LogP contribution is 2.21. The molecule has 0 saturated carbocycles. The number of nitrogens with zero attached hydrogens (tertiary/aromatic N) is 2. The second-order valence-corrected chi connectivity index (χ2v) is 8.16. The fourth-order valence-electron chi connectivity index (χ4n) is 2.31. The average molecular weight is 404 g/mol. The van der Waals surface area contributed by atoms with E-state index in [1.807, 2.05) is 0 Å². The van der Waals surface area contributed by atoms with Crippen LogP contribution in [-0.4, -0.2) is 37.8 Å². The van der Waals surface area contributed by atoms with Gasteiger partial charge in [0.15, 0.2) is 12.4 Å². The molecule has 0 aliphatic rings. The zero-order valence-electron chi connectivity index (χ0n) is 15.1. The molecular formula is C19H17FN2O5S. The summed E-state index contributed by atoms with van der Waals surface area (Å²) < 4.78 is 48.7. The Hall–Kier alpha value is -3.04. The zero-order chi connectivity index (χ0) is 20.3. The summed E-state index contributed by atoms with van der Waals surface area (Å²) in [6, 6.07) is 11.1. The summed E-state index contributed by atoms with van der Waals surface area (Å²) in [5.41, 5.74) is 0.840. The molecule has 0 amide bonds. The monoisotopic (exact) mass is 404 g/mol. The molecule has 0 bridgehead atoms. The van der Waals surface area contributed by atoms with Crippen molar-refractivity contribution in [2.45, 2.75) is 11.5 Å². The van der Waals surface area contributed by atoms with E-state index in [-0.39, 0.29) is 28.8 Å². The number of sulfonamides is 1. The molecule has 0 spiro atoms. The van der Waals surface area contributed by atoms with Crippen molar-refractivity contribution in [2.24, 2.45) is 0 Å². The first-order chi connectivity index (χ1) is 13.3. The van der Waals surface area contributed by atoms with Crippen LogP contribution in [0.5, 0.6) is 0 Å². The molecule has 28 heavy (non-hydrogen) atoms. The van der Waals surface area contributed by atoms with Gasteiger partial charge in [-0.1, -0.05) is 0 Å². The van der Waals surface area contributed by atoms with Crippen LogP contribution in [0, 0.1) is 5.82 Å². The third-order valence-electron chi connectivity index (χ3n) is 3.88. The molecule has 146 valence electrons. The summed E-state index contributed by atoms with van der Waals surface area (Å²) in [5, 5.41) is 0. The van der Waals surface area contributed by atoms with Gasteiger partial charge in [0.2, 0.25) is 15.9 Å². The minimum Gasteiger partial charge on any atom is -0.452 e. The summed E-state index contributed by atoms with van der Waals surface area (Å²) in [6.45, 7) is -0.197. The second-order valence-electron chi connectivity index (χ2n) is 6.01. The largest absolute Gasteiger partial charge is 0.452 e. The number of halogens is 1. The maximum atomic E-state index is 13.0. The molecule has 0 aliphatic carbocycles. The van der Waals surface area contributed by atoms with Gasteiger partial charge in [0.25, 0.3) is 0 Å². The summed E-state index contributed by atoms with van der Waals surface area (Å²) in [6.07, 6.45) is 1.46. The average Bonchev–Trinajstić information content (AvgIpc) is 3.15. The van der Waals surface area contributed by atoms with Crippen LogP contribution in [0.15, 0.2) is 64.0 Å². The molecule has 9 heteroatoms. The van der Waals surface area contributed by atoms with E-state index < -0.39 is 16.0 Å². The van der Waals surface area contributed by atoms with Crippen LogP contribution >= 0.6 is 0 Å². The molecule has 3 aromatic rings. The molecule has 0 fully saturated rings. The standard InChI is InChI=1S/C19H17FN2O5S/c1-22(2)28(24,25)16-9-5-14(6-10-16)19(23)26-12-18-21-11-17(27-18)13-3-7-15(20)8-4-13/h3-11H,12H2,1-2H3. The maximum absolute atomic E-state index is 13.0. The van der Waals surface area contributed by atoms with Crippen LogP contribution in [0.25, 0.3) is 11.3 Å². The van der Waals surface area contributed by atoms with Crippen LogP contribution in [0.3, 0.4) is 0 Å². The molecule has 7 nitrogen and oxygen atoms in total. The van der Waals surface area contributed by atoms with E-state index in [1.165, 1.54) is 56.7 Å². The highest BCUT2D eigenvalue weighted by Gasteiger charge is 2.18. The number of carbonyl (C=O) groups excluding carboxylic acids is 1. The summed E-state index contributed by atoms with van der Waals surface area (Å²) in [7, 11) is -0.719. The molecule has 0 aliphatic heterocycles. The Morgan fingerprint density at radius 3 is 2.36 bits per heavy atom. The number of rotatable bonds is 6. The Kier molecular flexibility index (Phi) is 5.57. The van der Waals surface area contributed by atoms with Gasteiger partial charge in [-0.05, 0) is 48.5 Å². The number of benzene rings is 2. The third kappa shape index (κ3) is 4.26. The molecule has 0 atom stereocenters. The Balaban J connectivity index is 1.64. The first-order valence-electron chi connectivity index (χ1n) is 8.18. The van der Waals surface area contributed by atoms with E-state index in [1.54, 1.807) is 12.1 Å². The van der Waals surface area contributed by atoms with Gasteiger partial charge in [-0.2, -0.15) is 0 Å². The summed E-state index contributed by atoms with van der Waals surface area (Å²) in [5.74, 6) is -0.402. The van der Waals surface area contributed by atoms with Crippen molar-refractivity contribution in [3.63, 3.8) is 0 Å². The number of hydrogen-bond donors (Lipinski definition) is 0. The van der Waals surface area contributed by atoms with E-state index in [2.05, 4.69) is 4.98 Å². The van der Waals surface area contributed by atoms with E-state index >= 15 is 0 Å². The van der Waals surface area contributed by atoms with Gasteiger partial charge in [-0.3, -0.25) is 0 Å². The topological polar surface area (TPSA) is 89.7 Å². The molecule has 0 radical (unpaired) electrons. The first-order valence-corrected chi connectivity index (χ1v) is 9.62. The number of hydrogen-bond acceptors (Lipinski definition) is 6. The number of ether oxygens (including phenoxy) is 1. The minimum atomic E-state index is -3.57. The van der Waals surface area contributed by atoms with Crippen molar-refractivity contribution in [3.05, 3.63) is 72.0 Å². The predicted octanol–water partition coefficient (Wildman–Crippen LogP) is 3.09. The quantitative estimate of drug-likeness (QED) is 0.587. The Morgan fingerprint density at radius 2 is 1.75 bits per heavy atom. The number of oxazole rings is 1. The van der Waals surface area contributed by atoms with Crippen molar-refractivity contribution in [3.8, 4) is 11.3 Å². The lowest BCUT2D eigenvalue weighted by molar-refractivity contribution is 0.0439. The molecule has 0 N–H and O–H groups in total. The van der Waals surface area contributed by atoms with Gasteiger partial charge in [-0.15, -0.1) is 0 Å². The van der Waals surface area contributed by atoms with Crippen molar-refractivity contribution < 1.29 is 26.8 Å². The minimum absolute atomic E-state index is 0.0747. The van der Waals surface area contributed by atoms with Crippen LogP contribution in [0.1, 0.15) is 16.2 Å². The number of carbonyl (C=O) groups is 1. The van der Waals surface area contributed by atoms with E-state index in [0.717, 1.165) is 4.31 Å². The highest BCUT2D eigenvalue weighted by molar-refractivity contribution is 7.89. The SMILES string of the molecule is CN(C)S(=O)(=O)c1ccc(C(=O)OCc2ncc(-c3ccc(F)cc3)o2)cc1. The maximum Gasteiger partial charge on any atom is 0.338 e. The molecule has 0 saturated heterocycles. The second kappa shape index (κ2) is 7.91. The first kappa shape index (κ1) is 19.7. The van der Waals surface area contributed by atoms with Crippen LogP contribution in [0.2, 0.25) is 0 Å². The predicted molar refractivity (Wildman–Crippen MR) is 98.3 cm³/mol. The van der Waals surface area contributed by atoms with Gasteiger partial charge in [0, 0.05) is 19.7 Å². The van der Waals surface area contributed by atoms with Crippen LogP contribution in [-0.2, 0) is 21.4 Å². The number of esters is 1. The summed E-state index contributed by atoms with van der Waals surface area (Å²) in [4.78, 5) is 16.2.